The number of rotatable bonds is 6. The van der Waals surface area contributed by atoms with Crippen LogP contribution in [0.2, 0.25) is 0 Å². The highest BCUT2D eigenvalue weighted by Gasteiger charge is 2.18. The molecule has 0 amide bonds. The van der Waals surface area contributed by atoms with Crippen molar-refractivity contribution in [3.05, 3.63) is 35.9 Å². The molecule has 1 saturated heterocycles. The van der Waals surface area contributed by atoms with Gasteiger partial charge in [-0.15, -0.1) is 0 Å². The van der Waals surface area contributed by atoms with Crippen molar-refractivity contribution < 1.29 is 9.84 Å². The Labute approximate surface area is 127 Å². The fraction of sp³-hybridized carbons (Fsp3) is 0.529. The van der Waals surface area contributed by atoms with E-state index in [2.05, 4.69) is 23.7 Å². The van der Waals surface area contributed by atoms with Gasteiger partial charge in [0.1, 0.15) is 0 Å². The van der Waals surface area contributed by atoms with Crippen LogP contribution in [-0.4, -0.2) is 42.8 Å². The average molecular weight is 290 g/mol. The van der Waals surface area contributed by atoms with Crippen molar-refractivity contribution in [1.82, 2.24) is 10.2 Å². The van der Waals surface area contributed by atoms with Crippen molar-refractivity contribution in [2.75, 3.05) is 26.7 Å². The fourth-order valence-electron chi connectivity index (χ4n) is 2.78. The first kappa shape index (κ1) is 15.9. The molecule has 0 saturated carbocycles. The molecule has 1 fully saturated rings. The van der Waals surface area contributed by atoms with E-state index in [9.17, 15) is 5.11 Å². The summed E-state index contributed by atoms with van der Waals surface area (Å²) in [5.41, 5.74) is 2.31. The fourth-order valence-corrected chi connectivity index (χ4v) is 2.78. The molecule has 0 aliphatic carbocycles. The minimum atomic E-state index is 0.202. The first-order valence-corrected chi connectivity index (χ1v) is 7.54. The predicted octanol–water partition coefficient (Wildman–Crippen LogP) is 2.53. The Morgan fingerprint density at radius 1 is 1.43 bits per heavy atom. The summed E-state index contributed by atoms with van der Waals surface area (Å²) in [7, 11) is 1.56. The lowest BCUT2D eigenvalue weighted by atomic mass is 10.0. The zero-order valence-electron chi connectivity index (χ0n) is 13.1. The second-order valence-corrected chi connectivity index (χ2v) is 5.89. The molecule has 0 aromatic heterocycles. The molecular formula is C17H26N2O2. The van der Waals surface area contributed by atoms with E-state index >= 15 is 0 Å². The molecule has 21 heavy (non-hydrogen) atoms. The second kappa shape index (κ2) is 7.48. The van der Waals surface area contributed by atoms with Crippen molar-refractivity contribution in [3.63, 3.8) is 0 Å². The standard InChI is InChI=1S/C17H26N2O2/c1-13(2)12-19-8-6-15(7-9-19)18-11-14-4-5-17(21-3)16(20)10-14/h4-5,10,15,18,20H,1,6-9,11-12H2,2-3H3. The van der Waals surface area contributed by atoms with Crippen LogP contribution in [0.5, 0.6) is 11.5 Å². The molecule has 4 nitrogen and oxygen atoms in total. The zero-order valence-corrected chi connectivity index (χ0v) is 13.1. The van der Waals surface area contributed by atoms with Gasteiger partial charge in [-0.3, -0.25) is 4.90 Å². The third-order valence-corrected chi connectivity index (χ3v) is 3.92. The number of ether oxygens (including phenoxy) is 1. The van der Waals surface area contributed by atoms with Crippen LogP contribution >= 0.6 is 0 Å². The number of phenols is 1. The molecule has 0 radical (unpaired) electrons. The maximum Gasteiger partial charge on any atom is 0.160 e. The second-order valence-electron chi connectivity index (χ2n) is 5.89. The van der Waals surface area contributed by atoms with Crippen LogP contribution in [-0.2, 0) is 6.54 Å². The number of aromatic hydroxyl groups is 1. The summed E-state index contributed by atoms with van der Waals surface area (Å²) in [6.45, 7) is 10.1. The number of hydrogen-bond acceptors (Lipinski definition) is 4. The summed E-state index contributed by atoms with van der Waals surface area (Å²) >= 11 is 0. The summed E-state index contributed by atoms with van der Waals surface area (Å²) in [6.07, 6.45) is 2.32. The van der Waals surface area contributed by atoms with Crippen molar-refractivity contribution in [2.45, 2.75) is 32.4 Å². The molecule has 1 aromatic carbocycles. The molecule has 4 heteroatoms. The van der Waals surface area contributed by atoms with Gasteiger partial charge in [-0.25, -0.2) is 0 Å². The molecule has 0 spiro atoms. The highest BCUT2D eigenvalue weighted by atomic mass is 16.5. The van der Waals surface area contributed by atoms with Gasteiger partial charge in [-0.05, 0) is 50.6 Å². The van der Waals surface area contributed by atoms with Gasteiger partial charge in [0.25, 0.3) is 0 Å². The SMILES string of the molecule is C=C(C)CN1CCC(NCc2ccc(OC)c(O)c2)CC1. The van der Waals surface area contributed by atoms with E-state index in [-0.39, 0.29) is 5.75 Å². The average Bonchev–Trinajstić information content (AvgIpc) is 2.46. The third-order valence-electron chi connectivity index (χ3n) is 3.92. The van der Waals surface area contributed by atoms with Gasteiger partial charge in [0.05, 0.1) is 7.11 Å². The number of methoxy groups -OCH3 is 1. The third kappa shape index (κ3) is 4.76. The number of nitrogens with one attached hydrogen (secondary N) is 1. The van der Waals surface area contributed by atoms with Gasteiger partial charge in [0, 0.05) is 19.1 Å². The van der Waals surface area contributed by atoms with E-state index < -0.39 is 0 Å². The van der Waals surface area contributed by atoms with Crippen LogP contribution in [0.4, 0.5) is 0 Å². The molecule has 116 valence electrons. The number of piperidine rings is 1. The highest BCUT2D eigenvalue weighted by Crippen LogP contribution is 2.26. The predicted molar refractivity (Wildman–Crippen MR) is 85.8 cm³/mol. The Kier molecular flexibility index (Phi) is 5.65. The van der Waals surface area contributed by atoms with E-state index in [1.807, 2.05) is 12.1 Å². The molecule has 2 rings (SSSR count). The van der Waals surface area contributed by atoms with Gasteiger partial charge >= 0.3 is 0 Å². The van der Waals surface area contributed by atoms with Crippen LogP contribution in [0, 0.1) is 0 Å². The molecule has 1 aliphatic rings. The van der Waals surface area contributed by atoms with E-state index in [0.717, 1.165) is 44.6 Å². The topological polar surface area (TPSA) is 44.7 Å². The Morgan fingerprint density at radius 2 is 2.14 bits per heavy atom. The van der Waals surface area contributed by atoms with E-state index in [0.29, 0.717) is 11.8 Å². The number of hydrogen-bond donors (Lipinski definition) is 2. The first-order chi connectivity index (χ1) is 10.1. The molecule has 0 atom stereocenters. The number of likely N-dealkylation sites (tertiary alicyclic amines) is 1. The number of phenolic OH excluding ortho intramolecular Hbond substituents is 1. The van der Waals surface area contributed by atoms with Gasteiger partial charge in [-0.1, -0.05) is 18.2 Å². The number of benzene rings is 1. The Hall–Kier alpha value is -1.52. The van der Waals surface area contributed by atoms with Gasteiger partial charge < -0.3 is 15.2 Å². The molecule has 1 aromatic rings. The van der Waals surface area contributed by atoms with Crippen molar-refractivity contribution in [3.8, 4) is 11.5 Å². The smallest absolute Gasteiger partial charge is 0.160 e. The van der Waals surface area contributed by atoms with E-state index in [1.54, 1.807) is 13.2 Å². The van der Waals surface area contributed by atoms with E-state index in [4.69, 9.17) is 4.74 Å². The quantitative estimate of drug-likeness (QED) is 0.790. The first-order valence-electron chi connectivity index (χ1n) is 7.54. The maximum absolute atomic E-state index is 9.78. The van der Waals surface area contributed by atoms with Crippen LogP contribution in [0.3, 0.4) is 0 Å². The minimum Gasteiger partial charge on any atom is -0.504 e. The van der Waals surface area contributed by atoms with Gasteiger partial charge in [0.15, 0.2) is 11.5 Å². The molecule has 0 bridgehead atoms. The Balaban J connectivity index is 1.77. The summed E-state index contributed by atoms with van der Waals surface area (Å²) in [4.78, 5) is 2.46. The molecule has 0 unspecified atom stereocenters. The summed E-state index contributed by atoms with van der Waals surface area (Å²) in [6, 6.07) is 6.11. The zero-order chi connectivity index (χ0) is 15.2. The van der Waals surface area contributed by atoms with Gasteiger partial charge in [0.2, 0.25) is 0 Å². The normalized spacial score (nSPS) is 16.9. The van der Waals surface area contributed by atoms with Crippen LogP contribution in [0.1, 0.15) is 25.3 Å². The van der Waals surface area contributed by atoms with E-state index in [1.165, 1.54) is 5.57 Å². The lowest BCUT2D eigenvalue weighted by Gasteiger charge is -2.32. The highest BCUT2D eigenvalue weighted by molar-refractivity contribution is 5.41. The lowest BCUT2D eigenvalue weighted by Crippen LogP contribution is -2.42. The molecule has 1 aliphatic heterocycles. The van der Waals surface area contributed by atoms with Crippen molar-refractivity contribution in [2.24, 2.45) is 0 Å². The molecule has 1 heterocycles. The minimum absolute atomic E-state index is 0.202. The van der Waals surface area contributed by atoms with Crippen LogP contribution in [0.15, 0.2) is 30.4 Å². The summed E-state index contributed by atoms with van der Waals surface area (Å²) in [5, 5.41) is 13.4. The monoisotopic (exact) mass is 290 g/mol. The van der Waals surface area contributed by atoms with Crippen LogP contribution in [0.25, 0.3) is 0 Å². The maximum atomic E-state index is 9.78. The summed E-state index contributed by atoms with van der Waals surface area (Å²) in [5.74, 6) is 0.722. The summed E-state index contributed by atoms with van der Waals surface area (Å²) < 4.78 is 5.05. The number of nitrogens with zero attached hydrogens (tertiary/aromatic N) is 1. The van der Waals surface area contributed by atoms with Crippen molar-refractivity contribution in [1.29, 1.82) is 0 Å². The Morgan fingerprint density at radius 3 is 2.71 bits per heavy atom. The largest absolute Gasteiger partial charge is 0.504 e. The van der Waals surface area contributed by atoms with Gasteiger partial charge in [-0.2, -0.15) is 0 Å². The lowest BCUT2D eigenvalue weighted by molar-refractivity contribution is 0.211. The Bertz CT molecular complexity index is 480. The van der Waals surface area contributed by atoms with Crippen molar-refractivity contribution >= 4 is 0 Å². The molecular weight excluding hydrogens is 264 g/mol. The molecule has 2 N–H and O–H groups in total. The van der Waals surface area contributed by atoms with Crippen LogP contribution < -0.4 is 10.1 Å².